The smallest absolute Gasteiger partial charge is 0.133 e. The first-order valence-corrected chi connectivity index (χ1v) is 8.25. The lowest BCUT2D eigenvalue weighted by Gasteiger charge is -2.24. The first kappa shape index (κ1) is 14.2. The number of nitrogens with one attached hydrogen (secondary N) is 1. The highest BCUT2D eigenvalue weighted by molar-refractivity contribution is 9.10. The molecule has 0 amide bonds. The Hall–Kier alpha value is -0.740. The summed E-state index contributed by atoms with van der Waals surface area (Å²) in [6, 6.07) is 6.07. The molecule has 1 N–H and O–H groups in total. The Morgan fingerprint density at radius 3 is 2.85 bits per heavy atom. The lowest BCUT2D eigenvalue weighted by atomic mass is 9.98. The van der Waals surface area contributed by atoms with Gasteiger partial charge in [0.2, 0.25) is 0 Å². The molecule has 1 aromatic rings. The molecule has 1 heterocycles. The van der Waals surface area contributed by atoms with Crippen LogP contribution in [-0.4, -0.2) is 25.4 Å². The summed E-state index contributed by atoms with van der Waals surface area (Å²) in [6.45, 7) is 0.889. The lowest BCUT2D eigenvalue weighted by molar-refractivity contribution is -0.0307. The van der Waals surface area contributed by atoms with E-state index >= 15 is 0 Å². The van der Waals surface area contributed by atoms with Gasteiger partial charge in [0.15, 0.2) is 0 Å². The van der Waals surface area contributed by atoms with Crippen LogP contribution in [-0.2, 0) is 4.74 Å². The van der Waals surface area contributed by atoms with Crippen LogP contribution in [0.4, 0.5) is 5.69 Å². The van der Waals surface area contributed by atoms with Gasteiger partial charge in [0.1, 0.15) is 5.75 Å². The summed E-state index contributed by atoms with van der Waals surface area (Å²) in [5.74, 6) is 0.859. The van der Waals surface area contributed by atoms with E-state index < -0.39 is 0 Å². The van der Waals surface area contributed by atoms with Crippen molar-refractivity contribution in [2.75, 3.05) is 19.0 Å². The summed E-state index contributed by atoms with van der Waals surface area (Å²) in [5.41, 5.74) is 1.33. The van der Waals surface area contributed by atoms with E-state index in [1.54, 1.807) is 7.11 Å². The van der Waals surface area contributed by atoms with E-state index in [4.69, 9.17) is 9.47 Å². The average molecular weight is 340 g/mol. The lowest BCUT2D eigenvalue weighted by Crippen LogP contribution is -2.27. The molecule has 1 aliphatic carbocycles. The van der Waals surface area contributed by atoms with Gasteiger partial charge in [0, 0.05) is 12.2 Å². The number of methoxy groups -OCH3 is 1. The van der Waals surface area contributed by atoms with Crippen LogP contribution in [0.25, 0.3) is 0 Å². The molecule has 1 unspecified atom stereocenters. The molecular weight excluding hydrogens is 318 g/mol. The van der Waals surface area contributed by atoms with Gasteiger partial charge in [-0.15, -0.1) is 0 Å². The van der Waals surface area contributed by atoms with E-state index in [-0.39, 0.29) is 5.60 Å². The van der Waals surface area contributed by atoms with Crippen molar-refractivity contribution in [2.24, 2.45) is 0 Å². The van der Waals surface area contributed by atoms with Gasteiger partial charge in [0.25, 0.3) is 0 Å². The van der Waals surface area contributed by atoms with Gasteiger partial charge in [-0.2, -0.15) is 0 Å². The van der Waals surface area contributed by atoms with E-state index in [9.17, 15) is 0 Å². The Bertz CT molecular complexity index is 472. The van der Waals surface area contributed by atoms with Crippen LogP contribution in [0.1, 0.15) is 38.5 Å². The van der Waals surface area contributed by atoms with Crippen LogP contribution >= 0.6 is 15.9 Å². The van der Waals surface area contributed by atoms with Crippen molar-refractivity contribution in [3.8, 4) is 5.75 Å². The Morgan fingerprint density at radius 2 is 2.15 bits per heavy atom. The fourth-order valence-electron chi connectivity index (χ4n) is 3.43. The highest BCUT2D eigenvalue weighted by Crippen LogP contribution is 2.43. The maximum atomic E-state index is 6.31. The molecule has 3 nitrogen and oxygen atoms in total. The molecule has 0 aromatic heterocycles. The second kappa shape index (κ2) is 5.94. The molecule has 1 saturated heterocycles. The fourth-order valence-corrected chi connectivity index (χ4v) is 3.98. The highest BCUT2D eigenvalue weighted by Gasteiger charge is 2.41. The van der Waals surface area contributed by atoms with Crippen LogP contribution in [0.5, 0.6) is 5.75 Å². The normalized spacial score (nSPS) is 24.2. The Labute approximate surface area is 129 Å². The minimum atomic E-state index is 0.229. The van der Waals surface area contributed by atoms with Gasteiger partial charge in [0.05, 0.1) is 23.3 Å². The van der Waals surface area contributed by atoms with E-state index in [1.807, 2.05) is 12.1 Å². The molecule has 1 atom stereocenters. The van der Waals surface area contributed by atoms with E-state index in [0.29, 0.717) is 6.10 Å². The van der Waals surface area contributed by atoms with Crippen molar-refractivity contribution in [1.82, 2.24) is 0 Å². The van der Waals surface area contributed by atoms with Crippen molar-refractivity contribution >= 4 is 21.6 Å². The molecule has 1 aliphatic heterocycles. The van der Waals surface area contributed by atoms with Gasteiger partial charge >= 0.3 is 0 Å². The Morgan fingerprint density at radius 1 is 1.35 bits per heavy atom. The molecule has 110 valence electrons. The summed E-state index contributed by atoms with van der Waals surface area (Å²) in [7, 11) is 1.68. The van der Waals surface area contributed by atoms with Gasteiger partial charge < -0.3 is 14.8 Å². The monoisotopic (exact) mass is 339 g/mol. The molecule has 1 spiro atoms. The van der Waals surface area contributed by atoms with Crippen LogP contribution in [0.3, 0.4) is 0 Å². The molecule has 0 bridgehead atoms. The zero-order chi connectivity index (χ0) is 14.0. The van der Waals surface area contributed by atoms with Gasteiger partial charge in [-0.1, -0.05) is 12.8 Å². The second-order valence-corrected chi connectivity index (χ2v) is 6.75. The average Bonchev–Trinajstić information content (AvgIpc) is 3.07. The van der Waals surface area contributed by atoms with Crippen LogP contribution in [0.15, 0.2) is 22.7 Å². The molecule has 2 aliphatic rings. The standard InChI is InChI=1S/C16H22BrNO2/c1-19-15-5-4-12(10-14(15)17)18-11-13-6-9-16(20-13)7-2-3-8-16/h4-5,10,13,18H,2-3,6-9,11H2,1H3. The molecule has 2 fully saturated rings. The summed E-state index contributed by atoms with van der Waals surface area (Å²) in [4.78, 5) is 0. The topological polar surface area (TPSA) is 30.5 Å². The van der Waals surface area contributed by atoms with Crippen molar-refractivity contribution in [3.05, 3.63) is 22.7 Å². The maximum absolute atomic E-state index is 6.31. The third-order valence-corrected chi connectivity index (χ3v) is 5.16. The molecule has 1 aromatic carbocycles. The Kier molecular flexibility index (Phi) is 4.22. The number of anilines is 1. The second-order valence-electron chi connectivity index (χ2n) is 5.90. The largest absolute Gasteiger partial charge is 0.496 e. The molecule has 4 heteroatoms. The number of rotatable bonds is 4. The van der Waals surface area contributed by atoms with Crippen molar-refractivity contribution in [3.63, 3.8) is 0 Å². The number of benzene rings is 1. The zero-order valence-corrected chi connectivity index (χ0v) is 13.5. The predicted octanol–water partition coefficient (Wildman–Crippen LogP) is 4.36. The van der Waals surface area contributed by atoms with E-state index in [0.717, 1.165) is 22.5 Å². The van der Waals surface area contributed by atoms with Gasteiger partial charge in [-0.25, -0.2) is 0 Å². The van der Waals surface area contributed by atoms with Crippen LogP contribution < -0.4 is 10.1 Å². The highest BCUT2D eigenvalue weighted by atomic mass is 79.9. The quantitative estimate of drug-likeness (QED) is 0.883. The number of hydrogen-bond donors (Lipinski definition) is 1. The first-order chi connectivity index (χ1) is 9.71. The first-order valence-electron chi connectivity index (χ1n) is 7.46. The van der Waals surface area contributed by atoms with Crippen LogP contribution in [0.2, 0.25) is 0 Å². The van der Waals surface area contributed by atoms with E-state index in [1.165, 1.54) is 38.5 Å². The van der Waals surface area contributed by atoms with Crippen molar-refractivity contribution < 1.29 is 9.47 Å². The van der Waals surface area contributed by atoms with Gasteiger partial charge in [-0.05, 0) is 59.8 Å². The maximum Gasteiger partial charge on any atom is 0.133 e. The third-order valence-electron chi connectivity index (χ3n) is 4.54. The molecular formula is C16H22BrNO2. The van der Waals surface area contributed by atoms with Crippen molar-refractivity contribution in [1.29, 1.82) is 0 Å². The van der Waals surface area contributed by atoms with E-state index in [2.05, 4.69) is 27.3 Å². The minimum absolute atomic E-state index is 0.229. The summed E-state index contributed by atoms with van der Waals surface area (Å²) in [6.07, 6.45) is 7.98. The Balaban J connectivity index is 1.54. The fraction of sp³-hybridized carbons (Fsp3) is 0.625. The van der Waals surface area contributed by atoms with Gasteiger partial charge in [-0.3, -0.25) is 0 Å². The molecule has 0 radical (unpaired) electrons. The van der Waals surface area contributed by atoms with Crippen molar-refractivity contribution in [2.45, 2.75) is 50.2 Å². The summed E-state index contributed by atoms with van der Waals surface area (Å²) >= 11 is 3.51. The summed E-state index contributed by atoms with van der Waals surface area (Å²) < 4.78 is 12.5. The summed E-state index contributed by atoms with van der Waals surface area (Å²) in [5, 5.41) is 3.47. The van der Waals surface area contributed by atoms with Crippen LogP contribution in [0, 0.1) is 0 Å². The number of ether oxygens (including phenoxy) is 2. The molecule has 1 saturated carbocycles. The molecule has 3 rings (SSSR count). The third kappa shape index (κ3) is 2.96. The predicted molar refractivity (Wildman–Crippen MR) is 84.5 cm³/mol. The zero-order valence-electron chi connectivity index (χ0n) is 12.0. The molecule has 20 heavy (non-hydrogen) atoms. The number of halogens is 1. The number of hydrogen-bond acceptors (Lipinski definition) is 3. The minimum Gasteiger partial charge on any atom is -0.496 e. The SMILES string of the molecule is COc1ccc(NCC2CCC3(CCCC3)O2)cc1Br.